The SMILES string of the molecule is CCCCCCCC[P+](CCCCCCCC)(CCCCCCCC)CCCCCCCC.O=S(=O)([N-]S(=O)(=O)C(F)(F)C(F)(F)F)C(F)(F)C(F)(F)F. The van der Waals surface area contributed by atoms with Gasteiger partial charge in [-0.3, -0.25) is 0 Å². The van der Waals surface area contributed by atoms with Gasteiger partial charge in [0, 0.05) is 7.26 Å². The molecule has 0 unspecified atom stereocenters. The Morgan fingerprint density at radius 3 is 0.722 bits per heavy atom. The number of sulfonamides is 2. The van der Waals surface area contributed by atoms with Gasteiger partial charge in [0.05, 0.1) is 24.6 Å². The van der Waals surface area contributed by atoms with Crippen LogP contribution in [-0.2, 0) is 20.0 Å². The fraction of sp³-hybridized carbons (Fsp3) is 1.00. The Bertz CT molecular complexity index is 1030. The molecule has 0 heterocycles. The van der Waals surface area contributed by atoms with E-state index in [4.69, 9.17) is 0 Å². The molecule has 0 fully saturated rings. The van der Waals surface area contributed by atoms with Gasteiger partial charge in [-0.25, -0.2) is 16.8 Å². The van der Waals surface area contributed by atoms with E-state index in [0.717, 1.165) is 0 Å². The normalized spacial score (nSPS) is 13.6. The van der Waals surface area contributed by atoms with Crippen molar-refractivity contribution < 1.29 is 60.7 Å². The van der Waals surface area contributed by atoms with Crippen molar-refractivity contribution in [1.82, 2.24) is 0 Å². The lowest BCUT2D eigenvalue weighted by Gasteiger charge is -2.31. The first-order valence-electron chi connectivity index (χ1n) is 19.9. The smallest absolute Gasteiger partial charge is 0.425 e. The maximum atomic E-state index is 12.3. The molecule has 0 saturated heterocycles. The van der Waals surface area contributed by atoms with Crippen molar-refractivity contribution >= 4 is 27.3 Å². The van der Waals surface area contributed by atoms with Crippen LogP contribution < -0.4 is 0 Å². The molecule has 0 radical (unpaired) electrons. The van der Waals surface area contributed by atoms with E-state index < -0.39 is 50.2 Å². The first-order valence-corrected chi connectivity index (χ1v) is 25.3. The molecule has 0 aromatic carbocycles. The fourth-order valence-electron chi connectivity index (χ4n) is 6.10. The van der Waals surface area contributed by atoms with Crippen LogP contribution in [0.5, 0.6) is 0 Å². The Morgan fingerprint density at radius 1 is 0.352 bits per heavy atom. The second-order valence-corrected chi connectivity index (χ2v) is 22.4. The molecule has 0 aromatic heterocycles. The standard InChI is InChI=1S/C32H68P.C4F10NO4S2/c1-5-9-13-17-21-25-29-33(30-26-22-18-14-10-6-2,31-27-23-19-15-11-7-3)32-28-24-20-16-12-8-4;5-1(6,7)3(11,12)20(16,17)15-21(18,19)4(13,14)2(8,9)10/h5-32H2,1-4H3;/q+1;-1. The maximum absolute atomic E-state index is 12.3. The summed E-state index contributed by atoms with van der Waals surface area (Å²) in [5.41, 5.74) is 0. The van der Waals surface area contributed by atoms with Gasteiger partial charge in [-0.15, -0.1) is 0 Å². The van der Waals surface area contributed by atoms with Gasteiger partial charge < -0.3 is 4.13 Å². The molecule has 0 bridgehead atoms. The highest BCUT2D eigenvalue weighted by Crippen LogP contribution is 2.61. The first-order chi connectivity index (χ1) is 24.9. The molecule has 0 saturated carbocycles. The highest BCUT2D eigenvalue weighted by molar-refractivity contribution is 8.13. The minimum atomic E-state index is -7.62. The number of rotatable bonds is 32. The number of unbranched alkanes of at least 4 members (excludes halogenated alkanes) is 20. The summed E-state index contributed by atoms with van der Waals surface area (Å²) in [4.78, 5) is 0. The van der Waals surface area contributed by atoms with Crippen LogP contribution in [0, 0.1) is 0 Å². The van der Waals surface area contributed by atoms with Crippen molar-refractivity contribution in [2.45, 2.75) is 205 Å². The zero-order chi connectivity index (χ0) is 42.0. The average molecular weight is 864 g/mol. The molecular weight excluding hydrogens is 795 g/mol. The van der Waals surface area contributed by atoms with Gasteiger partial charge in [0.2, 0.25) is 0 Å². The van der Waals surface area contributed by atoms with Crippen molar-refractivity contribution in [3.8, 4) is 0 Å². The Morgan fingerprint density at radius 2 is 0.537 bits per heavy atom. The number of alkyl halides is 10. The minimum Gasteiger partial charge on any atom is -0.425 e. The average Bonchev–Trinajstić information content (AvgIpc) is 3.06. The monoisotopic (exact) mass is 863 g/mol. The zero-order valence-electron chi connectivity index (χ0n) is 32.9. The second kappa shape index (κ2) is 28.1. The first kappa shape index (κ1) is 55.7. The Balaban J connectivity index is 0. The van der Waals surface area contributed by atoms with Crippen molar-refractivity contribution in [2.75, 3.05) is 24.6 Å². The van der Waals surface area contributed by atoms with Crippen LogP contribution in [0.4, 0.5) is 43.9 Å². The van der Waals surface area contributed by atoms with Gasteiger partial charge in [-0.1, -0.05) is 130 Å². The molecule has 0 atom stereocenters. The summed E-state index contributed by atoms with van der Waals surface area (Å²) in [6.45, 7) is 9.38. The Kier molecular flexibility index (Phi) is 29.0. The molecular formula is C36H68F10NO4PS2. The topological polar surface area (TPSA) is 82.4 Å². The van der Waals surface area contributed by atoms with Gasteiger partial charge in [0.25, 0.3) is 0 Å². The van der Waals surface area contributed by atoms with Crippen LogP contribution in [0.25, 0.3) is 4.13 Å². The number of hydrogen-bond acceptors (Lipinski definition) is 4. The molecule has 18 heteroatoms. The number of nitrogens with zero attached hydrogens (tertiary/aromatic N) is 1. The maximum Gasteiger partial charge on any atom is 0.467 e. The highest BCUT2D eigenvalue weighted by Gasteiger charge is 2.68. The second-order valence-electron chi connectivity index (χ2n) is 14.4. The highest BCUT2D eigenvalue weighted by atomic mass is 32.3. The van der Waals surface area contributed by atoms with E-state index in [1.807, 2.05) is 0 Å². The molecule has 54 heavy (non-hydrogen) atoms. The molecule has 0 aliphatic carbocycles. The fourth-order valence-corrected chi connectivity index (χ4v) is 13.4. The van der Waals surface area contributed by atoms with Crippen LogP contribution in [0.15, 0.2) is 0 Å². The largest absolute Gasteiger partial charge is 0.467 e. The van der Waals surface area contributed by atoms with E-state index in [-0.39, 0.29) is 0 Å². The predicted molar refractivity (Wildman–Crippen MR) is 203 cm³/mol. The van der Waals surface area contributed by atoms with Gasteiger partial charge in [-0.05, 0) is 51.4 Å². The van der Waals surface area contributed by atoms with Crippen LogP contribution in [-0.4, -0.2) is 64.3 Å². The molecule has 0 rings (SSSR count). The Labute approximate surface area is 320 Å². The summed E-state index contributed by atoms with van der Waals surface area (Å²) in [6.07, 6.45) is 28.1. The summed E-state index contributed by atoms with van der Waals surface area (Å²) in [7, 11) is -16.0. The van der Waals surface area contributed by atoms with Crippen LogP contribution in [0.3, 0.4) is 0 Å². The van der Waals surface area contributed by atoms with Crippen LogP contribution in [0.2, 0.25) is 0 Å². The summed E-state index contributed by atoms with van der Waals surface area (Å²) in [6, 6.07) is 0. The molecule has 0 N–H and O–H groups in total. The molecule has 5 nitrogen and oxygen atoms in total. The van der Waals surface area contributed by atoms with Crippen molar-refractivity contribution in [2.24, 2.45) is 0 Å². The van der Waals surface area contributed by atoms with Crippen molar-refractivity contribution in [3.63, 3.8) is 0 Å². The predicted octanol–water partition coefficient (Wildman–Crippen LogP) is 14.8. The van der Waals surface area contributed by atoms with Gasteiger partial charge >= 0.3 is 22.9 Å². The summed E-state index contributed by atoms with van der Waals surface area (Å²) < 4.78 is 161. The van der Waals surface area contributed by atoms with E-state index in [0.29, 0.717) is 4.13 Å². The zero-order valence-corrected chi connectivity index (χ0v) is 35.4. The van der Waals surface area contributed by atoms with Crippen molar-refractivity contribution in [1.29, 1.82) is 0 Å². The number of halogens is 10. The lowest BCUT2D eigenvalue weighted by Crippen LogP contribution is -2.48. The Hall–Kier alpha value is -0.410. The third-order valence-corrected chi connectivity index (χ3v) is 17.8. The van der Waals surface area contributed by atoms with Crippen LogP contribution >= 0.6 is 7.26 Å². The van der Waals surface area contributed by atoms with E-state index in [9.17, 15) is 60.7 Å². The van der Waals surface area contributed by atoms with Gasteiger partial charge in [0.1, 0.15) is 0 Å². The van der Waals surface area contributed by atoms with Crippen LogP contribution in [0.1, 0.15) is 182 Å². The van der Waals surface area contributed by atoms with Gasteiger partial charge in [-0.2, -0.15) is 43.9 Å². The third kappa shape index (κ3) is 21.9. The third-order valence-electron chi connectivity index (χ3n) is 9.45. The van der Waals surface area contributed by atoms with E-state index in [1.165, 1.54) is 128 Å². The molecule has 0 amide bonds. The van der Waals surface area contributed by atoms with Crippen molar-refractivity contribution in [3.05, 3.63) is 4.13 Å². The van der Waals surface area contributed by atoms with E-state index in [1.54, 1.807) is 50.3 Å². The summed E-state index contributed by atoms with van der Waals surface area (Å²) in [5.74, 6) is 0. The molecule has 328 valence electrons. The molecule has 0 aliphatic rings. The summed E-state index contributed by atoms with van der Waals surface area (Å²) in [5, 5.41) is -14.0. The lowest BCUT2D eigenvalue weighted by molar-refractivity contribution is -0.241. The number of hydrogen-bond donors (Lipinski definition) is 0. The van der Waals surface area contributed by atoms with E-state index in [2.05, 4.69) is 27.7 Å². The lowest BCUT2D eigenvalue weighted by atomic mass is 10.1. The van der Waals surface area contributed by atoms with Gasteiger partial charge in [0.15, 0.2) is 20.0 Å². The molecule has 0 aromatic rings. The molecule has 0 spiro atoms. The molecule has 0 aliphatic heterocycles. The minimum absolute atomic E-state index is 0.422. The quantitative estimate of drug-likeness (QED) is 0.0383. The summed E-state index contributed by atoms with van der Waals surface area (Å²) >= 11 is 0. The van der Waals surface area contributed by atoms with E-state index >= 15 is 0 Å².